The molecule has 110 valence electrons. The van der Waals surface area contributed by atoms with Crippen molar-refractivity contribution in [2.24, 2.45) is 16.6 Å². The number of rotatable bonds is 5. The molecule has 19 heavy (non-hydrogen) atoms. The maximum Gasteiger partial charge on any atom is 0.188 e. The van der Waals surface area contributed by atoms with E-state index in [9.17, 15) is 0 Å². The number of nitrogens with zero attached hydrogens (tertiary/aromatic N) is 2. The van der Waals surface area contributed by atoms with Crippen LogP contribution in [0.25, 0.3) is 0 Å². The maximum absolute atomic E-state index is 6.04. The Hall–Kier alpha value is -0.770. The zero-order valence-electron chi connectivity index (χ0n) is 12.6. The first-order valence-corrected chi connectivity index (χ1v) is 7.89. The highest BCUT2D eigenvalue weighted by molar-refractivity contribution is 5.78. The summed E-state index contributed by atoms with van der Waals surface area (Å²) in [5.41, 5.74) is 6.04. The topological polar surface area (TPSA) is 53.6 Å². The molecule has 1 unspecified atom stereocenters. The van der Waals surface area contributed by atoms with E-state index in [1.807, 2.05) is 0 Å². The van der Waals surface area contributed by atoms with Crippen LogP contribution in [0.3, 0.4) is 0 Å². The van der Waals surface area contributed by atoms with Crippen LogP contribution in [0.4, 0.5) is 0 Å². The van der Waals surface area contributed by atoms with E-state index in [-0.39, 0.29) is 0 Å². The highest BCUT2D eigenvalue weighted by Crippen LogP contribution is 2.34. The van der Waals surface area contributed by atoms with Gasteiger partial charge in [-0.1, -0.05) is 25.7 Å². The van der Waals surface area contributed by atoms with E-state index in [2.05, 4.69) is 29.3 Å². The zero-order chi connectivity index (χ0) is 13.7. The molecule has 2 aliphatic rings. The largest absolute Gasteiger partial charge is 0.370 e. The number of nitrogens with two attached hydrogens (primary N) is 1. The SMILES string of the molecule is CN(C)C(CN=C(N)NC1CCCCCC1)C1CC1. The Morgan fingerprint density at radius 2 is 1.79 bits per heavy atom. The fourth-order valence-electron chi connectivity index (χ4n) is 3.09. The third-order valence-electron chi connectivity index (χ3n) is 4.49. The molecule has 2 rings (SSSR count). The van der Waals surface area contributed by atoms with Crippen LogP contribution in [0.2, 0.25) is 0 Å². The van der Waals surface area contributed by atoms with Crippen molar-refractivity contribution in [1.29, 1.82) is 0 Å². The van der Waals surface area contributed by atoms with Gasteiger partial charge in [0.2, 0.25) is 0 Å². The molecule has 0 aromatic rings. The summed E-state index contributed by atoms with van der Waals surface area (Å²) < 4.78 is 0. The molecule has 0 amide bonds. The molecule has 2 saturated carbocycles. The van der Waals surface area contributed by atoms with E-state index in [4.69, 9.17) is 5.73 Å². The third kappa shape index (κ3) is 5.01. The molecule has 3 N–H and O–H groups in total. The van der Waals surface area contributed by atoms with Crippen molar-refractivity contribution in [1.82, 2.24) is 10.2 Å². The van der Waals surface area contributed by atoms with Crippen molar-refractivity contribution < 1.29 is 0 Å². The highest BCUT2D eigenvalue weighted by atomic mass is 15.2. The lowest BCUT2D eigenvalue weighted by Gasteiger charge is -2.23. The van der Waals surface area contributed by atoms with Crippen molar-refractivity contribution in [2.75, 3.05) is 20.6 Å². The summed E-state index contributed by atoms with van der Waals surface area (Å²) in [5.74, 6) is 1.49. The van der Waals surface area contributed by atoms with Gasteiger partial charge >= 0.3 is 0 Å². The average molecular weight is 266 g/mol. The summed E-state index contributed by atoms with van der Waals surface area (Å²) >= 11 is 0. The van der Waals surface area contributed by atoms with Gasteiger partial charge in [-0.25, -0.2) is 0 Å². The predicted molar refractivity (Wildman–Crippen MR) is 81.3 cm³/mol. The minimum atomic E-state index is 0.546. The van der Waals surface area contributed by atoms with E-state index in [0.717, 1.165) is 12.5 Å². The van der Waals surface area contributed by atoms with Crippen molar-refractivity contribution >= 4 is 5.96 Å². The molecule has 0 radical (unpaired) electrons. The first-order valence-electron chi connectivity index (χ1n) is 7.89. The first-order chi connectivity index (χ1) is 9.16. The number of hydrogen-bond acceptors (Lipinski definition) is 2. The molecule has 0 spiro atoms. The maximum atomic E-state index is 6.04. The van der Waals surface area contributed by atoms with Gasteiger partial charge in [0.1, 0.15) is 0 Å². The average Bonchev–Trinajstić information content (AvgIpc) is 3.16. The summed E-state index contributed by atoms with van der Waals surface area (Å²) in [6.45, 7) is 0.837. The van der Waals surface area contributed by atoms with Crippen LogP contribution in [0, 0.1) is 5.92 Å². The van der Waals surface area contributed by atoms with Gasteiger partial charge in [-0.15, -0.1) is 0 Å². The van der Waals surface area contributed by atoms with Gasteiger partial charge in [0.25, 0.3) is 0 Å². The molecule has 0 heterocycles. The Bertz CT molecular complexity index is 287. The summed E-state index contributed by atoms with van der Waals surface area (Å²) in [5, 5.41) is 3.42. The highest BCUT2D eigenvalue weighted by Gasteiger charge is 2.32. The van der Waals surface area contributed by atoms with Crippen LogP contribution in [-0.2, 0) is 0 Å². The Morgan fingerprint density at radius 3 is 2.32 bits per heavy atom. The second-order valence-corrected chi connectivity index (χ2v) is 6.43. The summed E-state index contributed by atoms with van der Waals surface area (Å²) in [4.78, 5) is 6.87. The molecule has 0 bridgehead atoms. The molecular formula is C15H30N4. The molecule has 0 aromatic heterocycles. The Kier molecular flexibility index (Phi) is 5.49. The normalized spacial score (nSPS) is 24.3. The van der Waals surface area contributed by atoms with E-state index in [0.29, 0.717) is 18.0 Å². The summed E-state index contributed by atoms with van der Waals surface area (Å²) in [6.07, 6.45) is 10.6. The summed E-state index contributed by atoms with van der Waals surface area (Å²) in [6, 6.07) is 1.11. The van der Waals surface area contributed by atoms with Gasteiger partial charge < -0.3 is 16.0 Å². The molecule has 2 aliphatic carbocycles. The predicted octanol–water partition coefficient (Wildman–Crippen LogP) is 1.95. The molecule has 4 nitrogen and oxygen atoms in total. The van der Waals surface area contributed by atoms with Gasteiger partial charge in [-0.3, -0.25) is 4.99 Å². The van der Waals surface area contributed by atoms with Crippen molar-refractivity contribution in [2.45, 2.75) is 63.5 Å². The van der Waals surface area contributed by atoms with Gasteiger partial charge in [0.15, 0.2) is 5.96 Å². The van der Waals surface area contributed by atoms with Crippen molar-refractivity contribution in [3.8, 4) is 0 Å². The number of guanidine groups is 1. The molecule has 0 saturated heterocycles. The first kappa shape index (κ1) is 14.6. The number of aliphatic imine (C=N–C) groups is 1. The van der Waals surface area contributed by atoms with Gasteiger partial charge in [0.05, 0.1) is 6.54 Å². The quantitative estimate of drug-likeness (QED) is 0.454. The molecule has 2 fully saturated rings. The third-order valence-corrected chi connectivity index (χ3v) is 4.49. The summed E-state index contributed by atoms with van der Waals surface area (Å²) in [7, 11) is 4.29. The monoisotopic (exact) mass is 266 g/mol. The molecule has 1 atom stereocenters. The van der Waals surface area contributed by atoms with Crippen LogP contribution in [0.5, 0.6) is 0 Å². The lowest BCUT2D eigenvalue weighted by Crippen LogP contribution is -2.41. The number of nitrogens with one attached hydrogen (secondary N) is 1. The van der Waals surface area contributed by atoms with Gasteiger partial charge in [-0.2, -0.15) is 0 Å². The molecular weight excluding hydrogens is 236 g/mol. The number of hydrogen-bond donors (Lipinski definition) is 2. The van der Waals surface area contributed by atoms with Gasteiger partial charge in [-0.05, 0) is 45.7 Å². The van der Waals surface area contributed by atoms with E-state index >= 15 is 0 Å². The Balaban J connectivity index is 1.77. The lowest BCUT2D eigenvalue weighted by molar-refractivity contribution is 0.271. The van der Waals surface area contributed by atoms with Gasteiger partial charge in [0, 0.05) is 12.1 Å². The minimum Gasteiger partial charge on any atom is -0.370 e. The van der Waals surface area contributed by atoms with Crippen molar-refractivity contribution in [3.05, 3.63) is 0 Å². The number of likely N-dealkylation sites (N-methyl/N-ethyl adjacent to an activating group) is 1. The van der Waals surface area contributed by atoms with E-state index < -0.39 is 0 Å². The second kappa shape index (κ2) is 7.13. The fourth-order valence-corrected chi connectivity index (χ4v) is 3.09. The minimum absolute atomic E-state index is 0.546. The van der Waals surface area contributed by atoms with Crippen molar-refractivity contribution in [3.63, 3.8) is 0 Å². The van der Waals surface area contributed by atoms with Crippen LogP contribution in [0.15, 0.2) is 4.99 Å². The van der Waals surface area contributed by atoms with Crippen LogP contribution < -0.4 is 11.1 Å². The lowest BCUT2D eigenvalue weighted by atomic mass is 10.1. The fraction of sp³-hybridized carbons (Fsp3) is 0.933. The van der Waals surface area contributed by atoms with E-state index in [1.165, 1.54) is 51.4 Å². The van der Waals surface area contributed by atoms with Crippen LogP contribution in [-0.4, -0.2) is 43.6 Å². The smallest absolute Gasteiger partial charge is 0.188 e. The van der Waals surface area contributed by atoms with E-state index in [1.54, 1.807) is 0 Å². The van der Waals surface area contributed by atoms with Crippen LogP contribution in [0.1, 0.15) is 51.4 Å². The Labute approximate surface area is 117 Å². The van der Waals surface area contributed by atoms with Crippen LogP contribution >= 0.6 is 0 Å². The molecule has 4 heteroatoms. The second-order valence-electron chi connectivity index (χ2n) is 6.43. The molecule has 0 aliphatic heterocycles. The zero-order valence-corrected chi connectivity index (χ0v) is 12.6. The Morgan fingerprint density at radius 1 is 1.16 bits per heavy atom. The standard InChI is InChI=1S/C15H30N4/c1-19(2)14(12-9-10-12)11-17-15(16)18-13-7-5-3-4-6-8-13/h12-14H,3-11H2,1-2H3,(H3,16,17,18). The molecule has 0 aromatic carbocycles.